The molecule has 0 aromatic carbocycles. The van der Waals surface area contributed by atoms with Gasteiger partial charge in [0.25, 0.3) is 0 Å². The highest BCUT2D eigenvalue weighted by Gasteiger charge is 2.19. The molecule has 1 saturated carbocycles. The van der Waals surface area contributed by atoms with Gasteiger partial charge < -0.3 is 0 Å². The molecular formula is C11H21Br. The third-order valence-corrected chi connectivity index (χ3v) is 3.69. The molecule has 12 heavy (non-hydrogen) atoms. The van der Waals surface area contributed by atoms with E-state index in [2.05, 4.69) is 22.9 Å². The minimum absolute atomic E-state index is 0.449. The van der Waals surface area contributed by atoms with Crippen LogP contribution in [0.1, 0.15) is 64.7 Å². The number of halogens is 1. The lowest BCUT2D eigenvalue weighted by molar-refractivity contribution is 0.451. The van der Waals surface area contributed by atoms with E-state index in [0.29, 0.717) is 4.32 Å². The van der Waals surface area contributed by atoms with E-state index in [1.165, 1.54) is 57.8 Å². The molecule has 1 aliphatic rings. The van der Waals surface area contributed by atoms with Crippen LogP contribution in [0.2, 0.25) is 0 Å². The fraction of sp³-hybridized carbons (Fsp3) is 1.00. The van der Waals surface area contributed by atoms with Gasteiger partial charge in [-0.05, 0) is 19.8 Å². The standard InChI is InChI=1S/C11H21Br/c1-11(12)9-7-5-3-2-4-6-8-10-11/h2-10H2,1H3. The molecule has 1 fully saturated rings. The zero-order chi connectivity index (χ0) is 8.86. The molecule has 72 valence electrons. The molecule has 0 unspecified atom stereocenters. The molecule has 1 rings (SSSR count). The molecule has 0 nitrogen and oxygen atoms in total. The van der Waals surface area contributed by atoms with E-state index in [-0.39, 0.29) is 0 Å². The summed E-state index contributed by atoms with van der Waals surface area (Å²) in [6.45, 7) is 2.36. The predicted octanol–water partition coefficient (Wildman–Crippen LogP) is 4.66. The third kappa shape index (κ3) is 4.49. The van der Waals surface area contributed by atoms with Crippen LogP contribution in [0.3, 0.4) is 0 Å². The van der Waals surface area contributed by atoms with Gasteiger partial charge in [0.05, 0.1) is 0 Å². The molecule has 0 heterocycles. The maximum absolute atomic E-state index is 3.84. The average Bonchev–Trinajstić information content (AvgIpc) is 2.02. The smallest absolute Gasteiger partial charge is 0.0229 e. The fourth-order valence-electron chi connectivity index (χ4n) is 2.00. The second kappa shape index (κ2) is 5.26. The first-order chi connectivity index (χ1) is 5.71. The normalized spacial score (nSPS) is 26.5. The summed E-state index contributed by atoms with van der Waals surface area (Å²) in [5.41, 5.74) is 0. The highest BCUT2D eigenvalue weighted by molar-refractivity contribution is 9.10. The second-order valence-corrected chi connectivity index (χ2v) is 6.30. The molecule has 1 aliphatic carbocycles. The van der Waals surface area contributed by atoms with Crippen LogP contribution in [0.5, 0.6) is 0 Å². The van der Waals surface area contributed by atoms with Gasteiger partial charge in [-0.15, -0.1) is 0 Å². The second-order valence-electron chi connectivity index (χ2n) is 4.39. The molecule has 0 aromatic heterocycles. The summed E-state index contributed by atoms with van der Waals surface area (Å²) in [4.78, 5) is 0. The largest absolute Gasteiger partial charge is 0.0856 e. The van der Waals surface area contributed by atoms with Crippen molar-refractivity contribution in [2.24, 2.45) is 0 Å². The van der Waals surface area contributed by atoms with Gasteiger partial charge in [-0.2, -0.15) is 0 Å². The predicted molar refractivity (Wildman–Crippen MR) is 58.9 cm³/mol. The number of hydrogen-bond acceptors (Lipinski definition) is 0. The summed E-state index contributed by atoms with van der Waals surface area (Å²) in [7, 11) is 0. The molecular weight excluding hydrogens is 212 g/mol. The van der Waals surface area contributed by atoms with Crippen LogP contribution in [0, 0.1) is 0 Å². The molecule has 0 atom stereocenters. The van der Waals surface area contributed by atoms with Gasteiger partial charge in [0, 0.05) is 4.32 Å². The van der Waals surface area contributed by atoms with Crippen molar-refractivity contribution in [2.45, 2.75) is 69.0 Å². The van der Waals surface area contributed by atoms with Crippen LogP contribution in [0.15, 0.2) is 0 Å². The van der Waals surface area contributed by atoms with Crippen LogP contribution in [-0.2, 0) is 0 Å². The van der Waals surface area contributed by atoms with Crippen molar-refractivity contribution in [3.63, 3.8) is 0 Å². The maximum Gasteiger partial charge on any atom is 0.0229 e. The quantitative estimate of drug-likeness (QED) is 0.533. The summed E-state index contributed by atoms with van der Waals surface area (Å²) >= 11 is 3.84. The minimum Gasteiger partial charge on any atom is -0.0856 e. The van der Waals surface area contributed by atoms with Gasteiger partial charge in [-0.1, -0.05) is 60.9 Å². The van der Waals surface area contributed by atoms with E-state index in [1.54, 1.807) is 0 Å². The zero-order valence-corrected chi connectivity index (χ0v) is 9.83. The topological polar surface area (TPSA) is 0 Å². The lowest BCUT2D eigenvalue weighted by Gasteiger charge is -2.23. The zero-order valence-electron chi connectivity index (χ0n) is 8.24. The first kappa shape index (κ1) is 10.6. The van der Waals surface area contributed by atoms with E-state index < -0.39 is 0 Å². The highest BCUT2D eigenvalue weighted by Crippen LogP contribution is 2.31. The van der Waals surface area contributed by atoms with Crippen molar-refractivity contribution >= 4 is 15.9 Å². The molecule has 0 bridgehead atoms. The summed E-state index contributed by atoms with van der Waals surface area (Å²) in [6, 6.07) is 0. The van der Waals surface area contributed by atoms with Crippen molar-refractivity contribution in [3.8, 4) is 0 Å². The maximum atomic E-state index is 3.84. The average molecular weight is 233 g/mol. The lowest BCUT2D eigenvalue weighted by Crippen LogP contribution is -2.15. The molecule has 0 spiro atoms. The van der Waals surface area contributed by atoms with Crippen molar-refractivity contribution in [2.75, 3.05) is 0 Å². The molecule has 0 radical (unpaired) electrons. The Labute approximate surface area is 85.3 Å². The summed E-state index contributed by atoms with van der Waals surface area (Å²) < 4.78 is 0.449. The van der Waals surface area contributed by atoms with E-state index in [9.17, 15) is 0 Å². The van der Waals surface area contributed by atoms with Crippen LogP contribution in [-0.4, -0.2) is 4.32 Å². The van der Waals surface area contributed by atoms with Gasteiger partial charge in [-0.3, -0.25) is 0 Å². The Hall–Kier alpha value is 0.480. The van der Waals surface area contributed by atoms with Crippen LogP contribution in [0.4, 0.5) is 0 Å². The van der Waals surface area contributed by atoms with E-state index in [4.69, 9.17) is 0 Å². The molecule has 1 heteroatoms. The van der Waals surface area contributed by atoms with Crippen molar-refractivity contribution in [3.05, 3.63) is 0 Å². The molecule has 0 saturated heterocycles. The lowest BCUT2D eigenvalue weighted by atomic mass is 9.93. The van der Waals surface area contributed by atoms with Crippen molar-refractivity contribution in [1.29, 1.82) is 0 Å². The number of hydrogen-bond donors (Lipinski definition) is 0. The van der Waals surface area contributed by atoms with Crippen molar-refractivity contribution in [1.82, 2.24) is 0 Å². The van der Waals surface area contributed by atoms with Gasteiger partial charge in [0.1, 0.15) is 0 Å². The van der Waals surface area contributed by atoms with Crippen LogP contribution >= 0.6 is 15.9 Å². The fourth-order valence-corrected chi connectivity index (χ4v) is 2.56. The Morgan fingerprint density at radius 2 is 1.08 bits per heavy atom. The highest BCUT2D eigenvalue weighted by atomic mass is 79.9. The van der Waals surface area contributed by atoms with Gasteiger partial charge in [0.15, 0.2) is 0 Å². The Morgan fingerprint density at radius 3 is 1.50 bits per heavy atom. The van der Waals surface area contributed by atoms with Crippen LogP contribution < -0.4 is 0 Å². The van der Waals surface area contributed by atoms with Gasteiger partial charge in [0.2, 0.25) is 0 Å². The third-order valence-electron chi connectivity index (χ3n) is 2.90. The van der Waals surface area contributed by atoms with E-state index in [1.807, 2.05) is 0 Å². The van der Waals surface area contributed by atoms with Crippen molar-refractivity contribution < 1.29 is 0 Å². The van der Waals surface area contributed by atoms with E-state index in [0.717, 1.165) is 0 Å². The Bertz CT molecular complexity index is 106. The van der Waals surface area contributed by atoms with Crippen LogP contribution in [0.25, 0.3) is 0 Å². The monoisotopic (exact) mass is 232 g/mol. The van der Waals surface area contributed by atoms with Gasteiger partial charge in [-0.25, -0.2) is 0 Å². The number of rotatable bonds is 0. The SMILES string of the molecule is CC1(Br)CCCCCCCCC1. The molecule has 0 N–H and O–H groups in total. The first-order valence-electron chi connectivity index (χ1n) is 5.40. The first-order valence-corrected chi connectivity index (χ1v) is 6.19. The molecule has 0 aromatic rings. The number of alkyl halides is 1. The van der Waals surface area contributed by atoms with Gasteiger partial charge >= 0.3 is 0 Å². The summed E-state index contributed by atoms with van der Waals surface area (Å²) in [5.74, 6) is 0. The summed E-state index contributed by atoms with van der Waals surface area (Å²) in [5, 5.41) is 0. The molecule has 0 amide bonds. The Kier molecular flexibility index (Phi) is 4.63. The Morgan fingerprint density at radius 1 is 0.750 bits per heavy atom. The van der Waals surface area contributed by atoms with E-state index >= 15 is 0 Å². The summed E-state index contributed by atoms with van der Waals surface area (Å²) in [6.07, 6.45) is 12.9. The molecule has 0 aliphatic heterocycles. The minimum atomic E-state index is 0.449. The Balaban J connectivity index is 2.27.